The van der Waals surface area contributed by atoms with Crippen LogP contribution in [0.5, 0.6) is 0 Å². The molecule has 2 aromatic rings. The molecule has 2 N–H and O–H groups in total. The Hall–Kier alpha value is -2.04. The van der Waals surface area contributed by atoms with Crippen molar-refractivity contribution in [1.29, 1.82) is 0 Å². The largest absolute Gasteiger partial charge is 0.348 e. The lowest BCUT2D eigenvalue weighted by atomic mass is 9.67. The molecule has 0 unspecified atom stereocenters. The van der Waals surface area contributed by atoms with Crippen molar-refractivity contribution in [2.75, 3.05) is 5.32 Å². The monoisotopic (exact) mass is 360 g/mol. The van der Waals surface area contributed by atoms with Crippen molar-refractivity contribution in [2.45, 2.75) is 24.3 Å². The summed E-state index contributed by atoms with van der Waals surface area (Å²) in [6.07, 6.45) is 0.756. The molecule has 1 saturated heterocycles. The zero-order valence-electron chi connectivity index (χ0n) is 12.6. The van der Waals surface area contributed by atoms with E-state index in [4.69, 9.17) is 23.2 Å². The Morgan fingerprint density at radius 1 is 1.00 bits per heavy atom. The van der Waals surface area contributed by atoms with Gasteiger partial charge in [-0.2, -0.15) is 0 Å². The number of carbonyl (C=O) groups is 2. The van der Waals surface area contributed by atoms with E-state index in [2.05, 4.69) is 10.6 Å². The second-order valence-electron chi connectivity index (χ2n) is 6.17. The van der Waals surface area contributed by atoms with Gasteiger partial charge in [-0.15, -0.1) is 0 Å². The van der Waals surface area contributed by atoms with Crippen molar-refractivity contribution >= 4 is 40.7 Å². The number of hydrogen-bond acceptors (Lipinski definition) is 2. The first kappa shape index (κ1) is 15.5. The molecule has 2 amide bonds. The van der Waals surface area contributed by atoms with Crippen LogP contribution in [-0.4, -0.2) is 11.8 Å². The van der Waals surface area contributed by atoms with Gasteiger partial charge in [0.2, 0.25) is 11.8 Å². The Morgan fingerprint density at radius 3 is 2.46 bits per heavy atom. The molecule has 2 heterocycles. The molecule has 4 nitrogen and oxygen atoms in total. The number of amides is 2. The third-order valence-electron chi connectivity index (χ3n) is 4.86. The molecule has 1 spiro atoms. The molecule has 2 aliphatic heterocycles. The molecule has 2 aromatic carbocycles. The van der Waals surface area contributed by atoms with Gasteiger partial charge in [-0.05, 0) is 41.8 Å². The van der Waals surface area contributed by atoms with Crippen LogP contribution in [0.1, 0.15) is 30.0 Å². The van der Waals surface area contributed by atoms with Crippen LogP contribution < -0.4 is 10.6 Å². The van der Waals surface area contributed by atoms with Gasteiger partial charge in [0.05, 0.1) is 6.04 Å². The topological polar surface area (TPSA) is 58.2 Å². The van der Waals surface area contributed by atoms with Crippen molar-refractivity contribution in [3.05, 3.63) is 63.6 Å². The van der Waals surface area contributed by atoms with Crippen molar-refractivity contribution in [2.24, 2.45) is 0 Å². The van der Waals surface area contributed by atoms with Crippen LogP contribution in [0.2, 0.25) is 10.0 Å². The quantitative estimate of drug-likeness (QED) is 0.811. The first-order chi connectivity index (χ1) is 11.5. The minimum atomic E-state index is -0.832. The van der Waals surface area contributed by atoms with Gasteiger partial charge in [-0.3, -0.25) is 9.59 Å². The maximum atomic E-state index is 12.9. The Kier molecular flexibility index (Phi) is 3.55. The Bertz CT molecular complexity index is 851. The fourth-order valence-electron chi connectivity index (χ4n) is 3.73. The van der Waals surface area contributed by atoms with Gasteiger partial charge < -0.3 is 10.6 Å². The molecule has 0 bridgehead atoms. The number of nitrogens with one attached hydrogen (secondary N) is 2. The number of piperidine rings is 1. The van der Waals surface area contributed by atoms with E-state index < -0.39 is 11.5 Å². The van der Waals surface area contributed by atoms with Gasteiger partial charge in [0.1, 0.15) is 5.41 Å². The zero-order valence-corrected chi connectivity index (χ0v) is 14.1. The van der Waals surface area contributed by atoms with E-state index >= 15 is 0 Å². The number of carbonyl (C=O) groups excluding carboxylic acids is 2. The third-order valence-corrected chi connectivity index (χ3v) is 5.35. The van der Waals surface area contributed by atoms with Crippen molar-refractivity contribution < 1.29 is 9.59 Å². The van der Waals surface area contributed by atoms with E-state index in [0.717, 1.165) is 11.1 Å². The number of hydrogen-bond donors (Lipinski definition) is 2. The number of rotatable bonds is 1. The standard InChI is InChI=1S/C18H14Cl2N2O2/c19-11-3-1-10(2-4-11)16-18(8-7-15(23)22-16)13-6-5-12(20)9-14(13)21-17(18)24/h1-6,9,16H,7-8H2,(H,21,24)(H,22,23)/t16-,18-/m1/s1. The van der Waals surface area contributed by atoms with Crippen LogP contribution in [0.3, 0.4) is 0 Å². The zero-order chi connectivity index (χ0) is 16.9. The van der Waals surface area contributed by atoms with Crippen LogP contribution in [0.15, 0.2) is 42.5 Å². The molecule has 4 rings (SSSR count). The average Bonchev–Trinajstić information content (AvgIpc) is 2.82. The summed E-state index contributed by atoms with van der Waals surface area (Å²) in [5.74, 6) is -0.171. The molecular formula is C18H14Cl2N2O2. The minimum absolute atomic E-state index is 0.0595. The van der Waals surface area contributed by atoms with Crippen LogP contribution in [-0.2, 0) is 15.0 Å². The molecule has 122 valence electrons. The highest BCUT2D eigenvalue weighted by Gasteiger charge is 2.55. The van der Waals surface area contributed by atoms with Crippen LogP contribution in [0.25, 0.3) is 0 Å². The molecule has 1 fully saturated rings. The van der Waals surface area contributed by atoms with Crippen molar-refractivity contribution in [3.63, 3.8) is 0 Å². The summed E-state index contributed by atoms with van der Waals surface area (Å²) in [6.45, 7) is 0. The SMILES string of the molecule is O=C1CC[C@]2(C(=O)Nc3cc(Cl)ccc32)[C@@H](c2ccc(Cl)cc2)N1. The van der Waals surface area contributed by atoms with E-state index in [-0.39, 0.29) is 11.8 Å². The maximum Gasteiger partial charge on any atom is 0.237 e. The first-order valence-corrected chi connectivity index (χ1v) is 8.42. The van der Waals surface area contributed by atoms with Gasteiger partial charge in [-0.1, -0.05) is 41.4 Å². The maximum absolute atomic E-state index is 12.9. The van der Waals surface area contributed by atoms with Crippen molar-refractivity contribution in [1.82, 2.24) is 5.32 Å². The molecule has 0 aliphatic carbocycles. The predicted molar refractivity (Wildman–Crippen MR) is 93.3 cm³/mol. The van der Waals surface area contributed by atoms with E-state index in [1.165, 1.54) is 0 Å². The van der Waals surface area contributed by atoms with Gasteiger partial charge >= 0.3 is 0 Å². The van der Waals surface area contributed by atoms with E-state index in [9.17, 15) is 9.59 Å². The first-order valence-electron chi connectivity index (χ1n) is 7.67. The summed E-state index contributed by atoms with van der Waals surface area (Å²) in [4.78, 5) is 25.0. The predicted octanol–water partition coefficient (Wildman–Crippen LogP) is 3.83. The highest BCUT2D eigenvalue weighted by Crippen LogP contribution is 2.51. The Morgan fingerprint density at radius 2 is 1.71 bits per heavy atom. The lowest BCUT2D eigenvalue weighted by Crippen LogP contribution is -2.52. The summed E-state index contributed by atoms with van der Waals surface area (Å²) in [5, 5.41) is 7.09. The molecule has 0 saturated carbocycles. The fourth-order valence-corrected chi connectivity index (χ4v) is 4.03. The molecule has 6 heteroatoms. The van der Waals surface area contributed by atoms with E-state index in [0.29, 0.717) is 28.6 Å². The van der Waals surface area contributed by atoms with Gasteiger partial charge in [0, 0.05) is 22.2 Å². The fraction of sp³-hybridized carbons (Fsp3) is 0.222. The smallest absolute Gasteiger partial charge is 0.237 e. The Labute approximate surface area is 149 Å². The van der Waals surface area contributed by atoms with Crippen LogP contribution in [0.4, 0.5) is 5.69 Å². The molecule has 2 aliphatic rings. The normalized spacial score (nSPS) is 25.3. The number of halogens is 2. The lowest BCUT2D eigenvalue weighted by Gasteiger charge is -2.40. The third kappa shape index (κ3) is 2.21. The van der Waals surface area contributed by atoms with Crippen LogP contribution >= 0.6 is 23.2 Å². The average molecular weight is 361 g/mol. The minimum Gasteiger partial charge on any atom is -0.348 e. The second kappa shape index (κ2) is 5.50. The van der Waals surface area contributed by atoms with Crippen LogP contribution in [0, 0.1) is 0 Å². The van der Waals surface area contributed by atoms with Gasteiger partial charge in [-0.25, -0.2) is 0 Å². The van der Waals surface area contributed by atoms with Gasteiger partial charge in [0.25, 0.3) is 0 Å². The summed E-state index contributed by atoms with van der Waals surface area (Å²) >= 11 is 12.0. The molecule has 24 heavy (non-hydrogen) atoms. The number of anilines is 1. The lowest BCUT2D eigenvalue weighted by molar-refractivity contribution is -0.130. The van der Waals surface area contributed by atoms with E-state index in [1.54, 1.807) is 24.3 Å². The van der Waals surface area contributed by atoms with Gasteiger partial charge in [0.15, 0.2) is 0 Å². The molecule has 0 aromatic heterocycles. The summed E-state index contributed by atoms with van der Waals surface area (Å²) in [6, 6.07) is 12.2. The Balaban J connectivity index is 1.89. The molecular weight excluding hydrogens is 347 g/mol. The summed E-state index contributed by atoms with van der Waals surface area (Å²) in [5.41, 5.74) is 1.60. The molecule has 0 radical (unpaired) electrons. The summed E-state index contributed by atoms with van der Waals surface area (Å²) < 4.78 is 0. The highest BCUT2D eigenvalue weighted by atomic mass is 35.5. The second-order valence-corrected chi connectivity index (χ2v) is 7.04. The highest BCUT2D eigenvalue weighted by molar-refractivity contribution is 6.31. The molecule has 2 atom stereocenters. The van der Waals surface area contributed by atoms with E-state index in [1.807, 2.05) is 18.2 Å². The number of fused-ring (bicyclic) bond motifs is 2. The summed E-state index contributed by atoms with van der Waals surface area (Å²) in [7, 11) is 0. The van der Waals surface area contributed by atoms with Crippen molar-refractivity contribution in [3.8, 4) is 0 Å². The number of benzene rings is 2.